The molecule has 58 heavy (non-hydrogen) atoms. The van der Waals surface area contributed by atoms with Crippen LogP contribution in [0.4, 0.5) is 0 Å². The van der Waals surface area contributed by atoms with E-state index in [2.05, 4.69) is 89.9 Å². The number of aryl methyl sites for hydroxylation is 2. The Bertz CT molecular complexity index is 2510. The van der Waals surface area contributed by atoms with Crippen LogP contribution in [0.25, 0.3) is 21.1 Å². The Morgan fingerprint density at radius 3 is 2.38 bits per heavy atom. The molecule has 298 valence electrons. The molecular weight excluding hydrogens is 743 g/mol. The van der Waals surface area contributed by atoms with Crippen molar-refractivity contribution in [2.24, 2.45) is 7.05 Å². The van der Waals surface area contributed by atoms with Gasteiger partial charge in [0.2, 0.25) is 0 Å². The summed E-state index contributed by atoms with van der Waals surface area (Å²) in [7, 11) is 1.89. The predicted octanol–water partition coefficient (Wildman–Crippen LogP) is 10.7. The Kier molecular flexibility index (Phi) is 11.1. The third kappa shape index (κ3) is 8.08. The van der Waals surface area contributed by atoms with Gasteiger partial charge in [0.05, 0.1) is 18.2 Å². The van der Waals surface area contributed by atoms with Gasteiger partial charge in [-0.15, -0.1) is 16.4 Å². The molecule has 10 heteroatoms. The normalized spacial score (nSPS) is 16.6. The fourth-order valence-electron chi connectivity index (χ4n) is 8.22. The van der Waals surface area contributed by atoms with Crippen molar-refractivity contribution in [3.63, 3.8) is 0 Å². The van der Waals surface area contributed by atoms with Crippen LogP contribution in [0.5, 0.6) is 11.5 Å². The van der Waals surface area contributed by atoms with Gasteiger partial charge in [-0.1, -0.05) is 78.9 Å². The molecule has 9 nitrogen and oxygen atoms in total. The highest BCUT2D eigenvalue weighted by Gasteiger charge is 2.32. The average Bonchev–Trinajstić information content (AvgIpc) is 3.83. The van der Waals surface area contributed by atoms with Crippen molar-refractivity contribution in [3.05, 3.63) is 148 Å². The van der Waals surface area contributed by atoms with Gasteiger partial charge in [-0.05, 0) is 116 Å². The number of rotatable bonds is 11. The molecule has 0 saturated carbocycles. The molecule has 0 amide bonds. The van der Waals surface area contributed by atoms with Crippen molar-refractivity contribution >= 4 is 38.4 Å². The Hall–Kier alpha value is -5.58. The molecule has 0 N–H and O–H groups in total. The first-order valence-corrected chi connectivity index (χ1v) is 21.0. The molecular formula is C48H51N5O4S. The molecule has 0 fully saturated rings. The number of aromatic nitrogens is 4. The molecule has 1 aliphatic heterocycles. The average molecular weight is 794 g/mol. The smallest absolute Gasteiger partial charge is 0.307 e. The zero-order chi connectivity index (χ0) is 40.6. The highest BCUT2D eigenvalue weighted by atomic mass is 32.1. The summed E-state index contributed by atoms with van der Waals surface area (Å²) in [5, 5.41) is 12.5. The summed E-state index contributed by atoms with van der Waals surface area (Å²) in [5.74, 6) is 0.839. The van der Waals surface area contributed by atoms with Gasteiger partial charge in [0, 0.05) is 37.0 Å². The third-order valence-electron chi connectivity index (χ3n) is 11.1. The standard InChI is InChI=1S/C48H51N5O4S/c1-8-37-29-53(31(3)44-40(55-37)20-15-22-49-44)28-36-25-35(24-34-21-23-58-47(34)36)39(27-42(54)57-48(4,5)6)38-26-41(45-43(30(38)2)50-51-52(45)7)56-46(32-16-11-9-12-17-32)33-18-13-10-14-19-33/h9-26,31,37,39,46H,8,27-29H2,1-7H3/t31-,37+,39+/m0/s1. The van der Waals surface area contributed by atoms with Gasteiger partial charge in [0.25, 0.3) is 0 Å². The van der Waals surface area contributed by atoms with Crippen molar-refractivity contribution in [1.29, 1.82) is 0 Å². The number of carbonyl (C=O) groups excluding carboxylic acids is 1. The summed E-state index contributed by atoms with van der Waals surface area (Å²) in [6.45, 7) is 13.6. The molecule has 1 aliphatic rings. The molecule has 8 rings (SSSR count). The number of hydrogen-bond donors (Lipinski definition) is 0. The van der Waals surface area contributed by atoms with Crippen LogP contribution in [0.3, 0.4) is 0 Å². The number of pyridine rings is 1. The van der Waals surface area contributed by atoms with Gasteiger partial charge in [-0.3, -0.25) is 14.7 Å². The fraction of sp³-hybridized carbons (Fsp3) is 0.333. The first-order valence-electron chi connectivity index (χ1n) is 20.1. The van der Waals surface area contributed by atoms with Crippen LogP contribution in [0.1, 0.15) is 105 Å². The SMILES string of the molecule is CC[C@@H]1CN(Cc2cc([C@@H](CC(=O)OC(C)(C)C)c3cc(OC(c4ccccc4)c4ccccc4)c4c(nnn4C)c3C)cc3ccsc23)[C@@H](C)c2ncccc2O1. The second-order valence-corrected chi connectivity index (χ2v) is 17.2. The topological polar surface area (TPSA) is 91.6 Å². The first kappa shape index (κ1) is 39.3. The third-order valence-corrected chi connectivity index (χ3v) is 12.1. The molecule has 0 saturated heterocycles. The molecule has 0 radical (unpaired) electrons. The van der Waals surface area contributed by atoms with Crippen LogP contribution in [-0.2, 0) is 23.1 Å². The van der Waals surface area contributed by atoms with Crippen molar-refractivity contribution < 1.29 is 19.0 Å². The van der Waals surface area contributed by atoms with E-state index >= 15 is 0 Å². The van der Waals surface area contributed by atoms with Crippen molar-refractivity contribution in [2.75, 3.05) is 6.54 Å². The van der Waals surface area contributed by atoms with E-state index in [-0.39, 0.29) is 30.5 Å². The Labute approximate surface area is 344 Å². The second-order valence-electron chi connectivity index (χ2n) is 16.3. The van der Waals surface area contributed by atoms with E-state index in [1.54, 1.807) is 16.0 Å². The number of thiophene rings is 1. The number of nitrogens with zero attached hydrogens (tertiary/aromatic N) is 5. The molecule has 4 aromatic carbocycles. The number of fused-ring (bicyclic) bond motifs is 3. The molecule has 0 bridgehead atoms. The predicted molar refractivity (Wildman–Crippen MR) is 230 cm³/mol. The van der Waals surface area contributed by atoms with Crippen molar-refractivity contribution in [1.82, 2.24) is 24.9 Å². The van der Waals surface area contributed by atoms with Crippen LogP contribution in [-0.4, -0.2) is 49.1 Å². The minimum absolute atomic E-state index is 0.0326. The Balaban J connectivity index is 1.27. The lowest BCUT2D eigenvalue weighted by atomic mass is 9.84. The van der Waals surface area contributed by atoms with Crippen LogP contribution in [0.15, 0.2) is 109 Å². The van der Waals surface area contributed by atoms with Gasteiger partial charge >= 0.3 is 5.97 Å². The van der Waals surface area contributed by atoms with Gasteiger partial charge in [-0.2, -0.15) is 0 Å². The summed E-state index contributed by atoms with van der Waals surface area (Å²) in [4.78, 5) is 21.3. The maximum Gasteiger partial charge on any atom is 0.307 e. The van der Waals surface area contributed by atoms with Gasteiger partial charge in [-0.25, -0.2) is 4.68 Å². The Morgan fingerprint density at radius 2 is 1.69 bits per heavy atom. The van der Waals surface area contributed by atoms with E-state index in [1.807, 2.05) is 82.5 Å². The summed E-state index contributed by atoms with van der Waals surface area (Å²) in [6, 6.07) is 33.3. The number of hydrogen-bond acceptors (Lipinski definition) is 9. The highest BCUT2D eigenvalue weighted by Crippen LogP contribution is 2.43. The molecule has 7 aromatic rings. The van der Waals surface area contributed by atoms with Crippen molar-refractivity contribution in [2.45, 2.75) is 90.7 Å². The number of carbonyl (C=O) groups is 1. The molecule has 3 aromatic heterocycles. The molecule has 0 spiro atoms. The largest absolute Gasteiger partial charge is 0.487 e. The summed E-state index contributed by atoms with van der Waals surface area (Å²) in [6.07, 6.45) is 2.49. The minimum Gasteiger partial charge on any atom is -0.487 e. The zero-order valence-electron chi connectivity index (χ0n) is 34.3. The summed E-state index contributed by atoms with van der Waals surface area (Å²) in [5.41, 5.74) is 7.97. The first-order chi connectivity index (χ1) is 28.0. The molecule has 3 atom stereocenters. The Morgan fingerprint density at radius 1 is 0.966 bits per heavy atom. The second kappa shape index (κ2) is 16.3. The lowest BCUT2D eigenvalue weighted by Gasteiger charge is -2.29. The van der Waals surface area contributed by atoms with E-state index in [0.717, 1.165) is 68.6 Å². The lowest BCUT2D eigenvalue weighted by molar-refractivity contribution is -0.155. The lowest BCUT2D eigenvalue weighted by Crippen LogP contribution is -2.34. The minimum atomic E-state index is -0.647. The van der Waals surface area contributed by atoms with Crippen LogP contribution >= 0.6 is 11.3 Å². The van der Waals surface area contributed by atoms with Crippen LogP contribution < -0.4 is 9.47 Å². The highest BCUT2D eigenvalue weighted by molar-refractivity contribution is 7.17. The maximum absolute atomic E-state index is 14.0. The summed E-state index contributed by atoms with van der Waals surface area (Å²) >= 11 is 1.75. The number of esters is 1. The van der Waals surface area contributed by atoms with Gasteiger partial charge < -0.3 is 14.2 Å². The molecule has 0 aliphatic carbocycles. The molecule has 4 heterocycles. The van der Waals surface area contributed by atoms with Crippen molar-refractivity contribution in [3.8, 4) is 11.5 Å². The zero-order valence-corrected chi connectivity index (χ0v) is 35.1. The van der Waals surface area contributed by atoms with Gasteiger partial charge in [0.1, 0.15) is 40.3 Å². The van der Waals surface area contributed by atoms with E-state index in [4.69, 9.17) is 19.2 Å². The van der Waals surface area contributed by atoms with E-state index in [0.29, 0.717) is 12.3 Å². The quantitative estimate of drug-likeness (QED) is 0.120. The van der Waals surface area contributed by atoms with E-state index in [1.165, 1.54) is 10.3 Å². The number of ether oxygens (including phenoxy) is 3. The molecule has 0 unspecified atom stereocenters. The van der Waals surface area contributed by atoms with E-state index in [9.17, 15) is 4.79 Å². The van der Waals surface area contributed by atoms with Gasteiger partial charge in [0.15, 0.2) is 0 Å². The monoisotopic (exact) mass is 793 g/mol. The number of benzene rings is 4. The maximum atomic E-state index is 14.0. The van der Waals surface area contributed by atoms with Crippen LogP contribution in [0.2, 0.25) is 0 Å². The fourth-order valence-corrected chi connectivity index (χ4v) is 9.11. The summed E-state index contributed by atoms with van der Waals surface area (Å²) < 4.78 is 22.6. The van der Waals surface area contributed by atoms with E-state index < -0.39 is 11.7 Å². The van der Waals surface area contributed by atoms with Crippen LogP contribution in [0, 0.1) is 6.92 Å².